The molecule has 1 atom stereocenters. The molecule has 6 heteroatoms. The number of sulfone groups is 1. The van der Waals surface area contributed by atoms with Crippen LogP contribution in [-0.2, 0) is 21.2 Å². The van der Waals surface area contributed by atoms with E-state index >= 15 is 0 Å². The lowest BCUT2D eigenvalue weighted by Gasteiger charge is -2.30. The summed E-state index contributed by atoms with van der Waals surface area (Å²) in [5, 5.41) is 3.12. The predicted octanol–water partition coefficient (Wildman–Crippen LogP) is 2.51. The molecule has 3 fully saturated rings. The van der Waals surface area contributed by atoms with Crippen LogP contribution in [0.3, 0.4) is 0 Å². The average molecular weight is 377 g/mol. The first-order chi connectivity index (χ1) is 12.5. The van der Waals surface area contributed by atoms with Gasteiger partial charge >= 0.3 is 0 Å². The standard InChI is InChI=1S/C20H28N2O3S/c23-19(17-14-20(17)8-12-26(24,25)13-9-20)21-15-16-6-2-3-7-18(16)22-10-4-1-5-11-22/h2-3,6-7,17H,1,4-5,8-15H2,(H,21,23). The Balaban J connectivity index is 1.36. The van der Waals surface area contributed by atoms with E-state index in [4.69, 9.17) is 0 Å². The summed E-state index contributed by atoms with van der Waals surface area (Å²) in [4.78, 5) is 15.1. The van der Waals surface area contributed by atoms with Gasteiger partial charge in [-0.1, -0.05) is 18.2 Å². The summed E-state index contributed by atoms with van der Waals surface area (Å²) in [6, 6.07) is 8.34. The molecule has 1 amide bonds. The summed E-state index contributed by atoms with van der Waals surface area (Å²) in [6.45, 7) is 2.73. The Hall–Kier alpha value is -1.56. The first-order valence-electron chi connectivity index (χ1n) is 9.80. The largest absolute Gasteiger partial charge is 0.371 e. The van der Waals surface area contributed by atoms with Gasteiger partial charge in [0.15, 0.2) is 0 Å². The first kappa shape index (κ1) is 17.8. The summed E-state index contributed by atoms with van der Waals surface area (Å²) in [6.07, 6.45) is 5.91. The quantitative estimate of drug-likeness (QED) is 0.877. The van der Waals surface area contributed by atoms with Gasteiger partial charge in [0.2, 0.25) is 5.91 Å². The number of nitrogens with zero attached hydrogens (tertiary/aromatic N) is 1. The number of carbonyl (C=O) groups is 1. The number of para-hydroxylation sites is 1. The zero-order chi connectivity index (χ0) is 18.2. The van der Waals surface area contributed by atoms with Gasteiger partial charge < -0.3 is 10.2 Å². The lowest BCUT2D eigenvalue weighted by molar-refractivity contribution is -0.123. The number of anilines is 1. The molecule has 142 valence electrons. The molecule has 3 aliphatic rings. The minimum Gasteiger partial charge on any atom is -0.371 e. The van der Waals surface area contributed by atoms with Crippen molar-refractivity contribution in [3.05, 3.63) is 29.8 Å². The number of nitrogens with one attached hydrogen (secondary N) is 1. The van der Waals surface area contributed by atoms with Gasteiger partial charge in [-0.3, -0.25) is 4.79 Å². The van der Waals surface area contributed by atoms with Crippen molar-refractivity contribution in [1.82, 2.24) is 5.32 Å². The van der Waals surface area contributed by atoms with Gasteiger partial charge in [-0.25, -0.2) is 8.42 Å². The molecule has 1 saturated carbocycles. The number of benzene rings is 1. The maximum absolute atomic E-state index is 12.6. The molecule has 5 nitrogen and oxygen atoms in total. The number of amides is 1. The van der Waals surface area contributed by atoms with Gasteiger partial charge in [0, 0.05) is 31.2 Å². The van der Waals surface area contributed by atoms with E-state index in [0.29, 0.717) is 19.4 Å². The molecule has 1 N–H and O–H groups in total. The van der Waals surface area contributed by atoms with Gasteiger partial charge in [0.1, 0.15) is 9.84 Å². The summed E-state index contributed by atoms with van der Waals surface area (Å²) in [5.41, 5.74) is 2.37. The van der Waals surface area contributed by atoms with E-state index in [1.807, 2.05) is 6.07 Å². The Kier molecular flexibility index (Phi) is 4.71. The van der Waals surface area contributed by atoms with Crippen molar-refractivity contribution >= 4 is 21.4 Å². The number of rotatable bonds is 4. The molecule has 2 saturated heterocycles. The Morgan fingerprint density at radius 3 is 2.54 bits per heavy atom. The topological polar surface area (TPSA) is 66.5 Å². The highest BCUT2D eigenvalue weighted by molar-refractivity contribution is 7.91. The minimum atomic E-state index is -2.87. The van der Waals surface area contributed by atoms with Crippen LogP contribution < -0.4 is 10.2 Å². The fourth-order valence-corrected chi connectivity index (χ4v) is 6.26. The van der Waals surface area contributed by atoms with Crippen molar-refractivity contribution in [1.29, 1.82) is 0 Å². The second kappa shape index (κ2) is 6.87. The van der Waals surface area contributed by atoms with Crippen molar-refractivity contribution in [2.75, 3.05) is 29.5 Å². The van der Waals surface area contributed by atoms with Crippen molar-refractivity contribution in [2.45, 2.75) is 45.1 Å². The Morgan fingerprint density at radius 2 is 1.81 bits per heavy atom. The zero-order valence-corrected chi connectivity index (χ0v) is 16.1. The number of piperidine rings is 1. The highest BCUT2D eigenvalue weighted by atomic mass is 32.2. The highest BCUT2D eigenvalue weighted by Crippen LogP contribution is 2.59. The third-order valence-corrected chi connectivity index (χ3v) is 8.12. The van der Waals surface area contributed by atoms with Crippen LogP contribution in [0, 0.1) is 11.3 Å². The fourth-order valence-electron chi connectivity index (χ4n) is 4.62. The average Bonchev–Trinajstić information content (AvgIpc) is 3.38. The second-order valence-electron chi connectivity index (χ2n) is 8.17. The molecule has 26 heavy (non-hydrogen) atoms. The van der Waals surface area contributed by atoms with Crippen molar-refractivity contribution in [3.63, 3.8) is 0 Å². The van der Waals surface area contributed by atoms with Crippen LogP contribution in [0.5, 0.6) is 0 Å². The minimum absolute atomic E-state index is 0.000138. The Morgan fingerprint density at radius 1 is 1.12 bits per heavy atom. The maximum atomic E-state index is 12.6. The number of hydrogen-bond acceptors (Lipinski definition) is 4. The van der Waals surface area contributed by atoms with E-state index in [9.17, 15) is 13.2 Å². The van der Waals surface area contributed by atoms with E-state index in [2.05, 4.69) is 28.4 Å². The maximum Gasteiger partial charge on any atom is 0.223 e. The molecule has 0 bridgehead atoms. The number of carbonyl (C=O) groups excluding carboxylic acids is 1. The Labute approximate surface area is 156 Å². The SMILES string of the molecule is O=C(NCc1ccccc1N1CCCCC1)C1CC12CCS(=O)(=O)CC2. The van der Waals surface area contributed by atoms with Crippen molar-refractivity contribution < 1.29 is 13.2 Å². The zero-order valence-electron chi connectivity index (χ0n) is 15.2. The molecular formula is C20H28N2O3S. The van der Waals surface area contributed by atoms with Crippen LogP contribution in [-0.4, -0.2) is 38.9 Å². The van der Waals surface area contributed by atoms with Crippen molar-refractivity contribution in [2.24, 2.45) is 11.3 Å². The van der Waals surface area contributed by atoms with E-state index in [1.165, 1.54) is 30.5 Å². The number of hydrogen-bond donors (Lipinski definition) is 1. The lowest BCUT2D eigenvalue weighted by Crippen LogP contribution is -2.33. The smallest absolute Gasteiger partial charge is 0.223 e. The molecule has 1 aromatic rings. The summed E-state index contributed by atoms with van der Waals surface area (Å²) in [7, 11) is -2.87. The van der Waals surface area contributed by atoms with Crippen LogP contribution in [0.1, 0.15) is 44.1 Å². The third-order valence-electron chi connectivity index (χ3n) is 6.47. The van der Waals surface area contributed by atoms with E-state index in [1.54, 1.807) is 0 Å². The summed E-state index contributed by atoms with van der Waals surface area (Å²) < 4.78 is 23.3. The molecule has 2 aliphatic heterocycles. The second-order valence-corrected chi connectivity index (χ2v) is 10.5. The van der Waals surface area contributed by atoms with Crippen LogP contribution in [0.15, 0.2) is 24.3 Å². The van der Waals surface area contributed by atoms with Gasteiger partial charge in [0.05, 0.1) is 11.5 Å². The van der Waals surface area contributed by atoms with Crippen LogP contribution in [0.25, 0.3) is 0 Å². The molecule has 0 aromatic heterocycles. The molecule has 1 aromatic carbocycles. The highest BCUT2D eigenvalue weighted by Gasteiger charge is 2.59. The third kappa shape index (κ3) is 3.61. The van der Waals surface area contributed by atoms with E-state index in [-0.39, 0.29) is 28.7 Å². The molecule has 1 aliphatic carbocycles. The molecular weight excluding hydrogens is 348 g/mol. The summed E-state index contributed by atoms with van der Waals surface area (Å²) >= 11 is 0. The molecule has 1 unspecified atom stereocenters. The molecule has 0 radical (unpaired) electrons. The molecule has 2 heterocycles. The van der Waals surface area contributed by atoms with E-state index < -0.39 is 9.84 Å². The van der Waals surface area contributed by atoms with Gasteiger partial charge in [-0.15, -0.1) is 0 Å². The first-order valence-corrected chi connectivity index (χ1v) is 11.6. The predicted molar refractivity (Wildman–Crippen MR) is 103 cm³/mol. The fraction of sp³-hybridized carbons (Fsp3) is 0.650. The molecule has 4 rings (SSSR count). The molecule has 1 spiro atoms. The Bertz CT molecular complexity index is 770. The van der Waals surface area contributed by atoms with Gasteiger partial charge in [-0.05, 0) is 55.6 Å². The van der Waals surface area contributed by atoms with Crippen molar-refractivity contribution in [3.8, 4) is 0 Å². The van der Waals surface area contributed by atoms with Crippen LogP contribution in [0.4, 0.5) is 5.69 Å². The van der Waals surface area contributed by atoms with Crippen LogP contribution >= 0.6 is 0 Å². The lowest BCUT2D eigenvalue weighted by atomic mass is 9.96. The van der Waals surface area contributed by atoms with Crippen LogP contribution in [0.2, 0.25) is 0 Å². The van der Waals surface area contributed by atoms with Gasteiger partial charge in [-0.2, -0.15) is 0 Å². The summed E-state index contributed by atoms with van der Waals surface area (Å²) in [5.74, 6) is 0.585. The van der Waals surface area contributed by atoms with E-state index in [0.717, 1.165) is 19.5 Å². The monoisotopic (exact) mass is 376 g/mol. The van der Waals surface area contributed by atoms with Gasteiger partial charge in [0.25, 0.3) is 0 Å². The normalized spacial score (nSPS) is 26.5.